The van der Waals surface area contributed by atoms with Crippen molar-refractivity contribution in [3.63, 3.8) is 0 Å². The maximum atomic E-state index is 12.5. The molecule has 0 atom stereocenters. The number of hydrogen-bond acceptors (Lipinski definition) is 2. The van der Waals surface area contributed by atoms with E-state index in [1.54, 1.807) is 7.05 Å². The lowest BCUT2D eigenvalue weighted by Gasteiger charge is -2.35. The van der Waals surface area contributed by atoms with Crippen LogP contribution in [0, 0.1) is 0 Å². The summed E-state index contributed by atoms with van der Waals surface area (Å²) in [6.07, 6.45) is -1.49. The van der Waals surface area contributed by atoms with Gasteiger partial charge in [0.05, 0.1) is 5.54 Å². The van der Waals surface area contributed by atoms with Gasteiger partial charge in [-0.1, -0.05) is 0 Å². The van der Waals surface area contributed by atoms with Gasteiger partial charge in [0.2, 0.25) is 0 Å². The number of halogens is 2. The maximum Gasteiger partial charge on any atom is 0.256 e. The third-order valence-corrected chi connectivity index (χ3v) is 2.30. The van der Waals surface area contributed by atoms with Crippen LogP contribution in [0.2, 0.25) is 0 Å². The summed E-state index contributed by atoms with van der Waals surface area (Å²) in [5.74, 6) is 0. The molecule has 1 rings (SSSR count). The van der Waals surface area contributed by atoms with Gasteiger partial charge < -0.3 is 10.1 Å². The molecule has 1 fully saturated rings. The predicted octanol–water partition coefficient (Wildman–Crippen LogP) is 1.02. The van der Waals surface area contributed by atoms with Gasteiger partial charge in [0.1, 0.15) is 0 Å². The average Bonchev–Trinajstić information content (AvgIpc) is 2.05. The zero-order valence-electron chi connectivity index (χ0n) is 6.57. The van der Waals surface area contributed by atoms with Crippen LogP contribution in [0.25, 0.3) is 0 Å². The topological polar surface area (TPSA) is 21.3 Å². The zero-order valence-corrected chi connectivity index (χ0v) is 6.57. The van der Waals surface area contributed by atoms with Crippen LogP contribution in [0.4, 0.5) is 8.78 Å². The van der Waals surface area contributed by atoms with E-state index in [0.29, 0.717) is 26.1 Å². The lowest BCUT2D eigenvalue weighted by atomic mass is 9.91. The van der Waals surface area contributed by atoms with E-state index in [9.17, 15) is 8.78 Å². The van der Waals surface area contributed by atoms with Crippen LogP contribution >= 0.6 is 0 Å². The quantitative estimate of drug-likeness (QED) is 0.659. The summed E-state index contributed by atoms with van der Waals surface area (Å²) in [6, 6.07) is 0. The second kappa shape index (κ2) is 3.45. The third-order valence-electron chi connectivity index (χ3n) is 2.30. The summed E-state index contributed by atoms with van der Waals surface area (Å²) < 4.78 is 29.9. The molecular weight excluding hydrogens is 152 g/mol. The number of alkyl halides is 2. The van der Waals surface area contributed by atoms with Crippen molar-refractivity contribution < 1.29 is 13.5 Å². The monoisotopic (exact) mass is 165 g/mol. The summed E-state index contributed by atoms with van der Waals surface area (Å²) in [4.78, 5) is 0. The zero-order chi connectivity index (χ0) is 8.32. The molecule has 1 aliphatic rings. The second-order valence-electron chi connectivity index (χ2n) is 2.82. The molecule has 66 valence electrons. The first-order valence-corrected chi connectivity index (χ1v) is 3.76. The average molecular weight is 165 g/mol. The van der Waals surface area contributed by atoms with E-state index in [1.807, 2.05) is 0 Å². The van der Waals surface area contributed by atoms with Crippen molar-refractivity contribution in [2.75, 3.05) is 20.3 Å². The molecule has 0 saturated carbocycles. The van der Waals surface area contributed by atoms with Crippen molar-refractivity contribution in [2.24, 2.45) is 0 Å². The number of rotatable bonds is 2. The Balaban J connectivity index is 2.57. The van der Waals surface area contributed by atoms with Gasteiger partial charge in [-0.2, -0.15) is 0 Å². The van der Waals surface area contributed by atoms with Crippen LogP contribution in [0.5, 0.6) is 0 Å². The van der Waals surface area contributed by atoms with E-state index in [1.165, 1.54) is 0 Å². The summed E-state index contributed by atoms with van der Waals surface area (Å²) in [5, 5.41) is 2.69. The first-order chi connectivity index (χ1) is 5.21. The van der Waals surface area contributed by atoms with Gasteiger partial charge >= 0.3 is 0 Å². The van der Waals surface area contributed by atoms with Gasteiger partial charge in [-0.05, 0) is 19.9 Å². The Hall–Kier alpha value is -0.220. The molecular formula is C7H13F2NO. The van der Waals surface area contributed by atoms with E-state index in [2.05, 4.69) is 5.32 Å². The first kappa shape index (κ1) is 8.87. The Morgan fingerprint density at radius 1 is 1.36 bits per heavy atom. The molecule has 0 spiro atoms. The molecule has 0 aromatic rings. The molecule has 0 bridgehead atoms. The number of hydrogen-bond donors (Lipinski definition) is 1. The highest BCUT2D eigenvalue weighted by Gasteiger charge is 2.39. The molecule has 0 amide bonds. The van der Waals surface area contributed by atoms with Gasteiger partial charge in [0, 0.05) is 13.2 Å². The van der Waals surface area contributed by atoms with E-state index in [-0.39, 0.29) is 0 Å². The van der Waals surface area contributed by atoms with Crippen LogP contribution in [0.15, 0.2) is 0 Å². The Morgan fingerprint density at radius 2 is 1.91 bits per heavy atom. The Kier molecular flexibility index (Phi) is 2.78. The minimum absolute atomic E-state index is 0.404. The third kappa shape index (κ3) is 1.68. The largest absolute Gasteiger partial charge is 0.381 e. The maximum absolute atomic E-state index is 12.5. The Morgan fingerprint density at radius 3 is 2.18 bits per heavy atom. The van der Waals surface area contributed by atoms with Gasteiger partial charge in [0.15, 0.2) is 0 Å². The van der Waals surface area contributed by atoms with Crippen LogP contribution in [-0.2, 0) is 4.74 Å². The lowest BCUT2D eigenvalue weighted by Crippen LogP contribution is -2.53. The number of ether oxygens (including phenoxy) is 1. The Bertz CT molecular complexity index is 124. The number of nitrogens with one attached hydrogen (secondary N) is 1. The molecule has 0 aliphatic carbocycles. The first-order valence-electron chi connectivity index (χ1n) is 3.76. The molecule has 0 radical (unpaired) electrons. The summed E-state index contributed by atoms with van der Waals surface area (Å²) >= 11 is 0. The van der Waals surface area contributed by atoms with Crippen molar-refractivity contribution in [3.8, 4) is 0 Å². The SMILES string of the molecule is CNC1(C(F)F)CCOCC1. The lowest BCUT2D eigenvalue weighted by molar-refractivity contribution is -0.0426. The normalized spacial score (nSPS) is 24.0. The molecule has 1 N–H and O–H groups in total. The highest BCUT2D eigenvalue weighted by Crippen LogP contribution is 2.26. The van der Waals surface area contributed by atoms with Crippen LogP contribution < -0.4 is 5.32 Å². The standard InChI is InChI=1S/C7H13F2NO/c1-10-7(6(8)9)2-4-11-5-3-7/h6,10H,2-5H2,1H3. The molecule has 1 heterocycles. The van der Waals surface area contributed by atoms with Crippen LogP contribution in [0.3, 0.4) is 0 Å². The summed E-state index contributed by atoms with van der Waals surface area (Å²) in [7, 11) is 1.58. The van der Waals surface area contributed by atoms with Crippen molar-refractivity contribution in [1.29, 1.82) is 0 Å². The molecule has 0 aromatic carbocycles. The minimum Gasteiger partial charge on any atom is -0.381 e. The molecule has 0 aromatic heterocycles. The highest BCUT2D eigenvalue weighted by molar-refractivity contribution is 4.91. The molecule has 4 heteroatoms. The van der Waals surface area contributed by atoms with Gasteiger partial charge in [0.25, 0.3) is 6.43 Å². The predicted molar refractivity (Wildman–Crippen MR) is 37.8 cm³/mol. The van der Waals surface area contributed by atoms with Crippen molar-refractivity contribution >= 4 is 0 Å². The smallest absolute Gasteiger partial charge is 0.256 e. The van der Waals surface area contributed by atoms with E-state index in [4.69, 9.17) is 4.74 Å². The fourth-order valence-corrected chi connectivity index (χ4v) is 1.31. The fourth-order valence-electron chi connectivity index (χ4n) is 1.31. The fraction of sp³-hybridized carbons (Fsp3) is 1.00. The summed E-state index contributed by atoms with van der Waals surface area (Å²) in [6.45, 7) is 0.871. The summed E-state index contributed by atoms with van der Waals surface area (Å²) in [5.41, 5.74) is -0.988. The molecule has 11 heavy (non-hydrogen) atoms. The highest BCUT2D eigenvalue weighted by atomic mass is 19.3. The van der Waals surface area contributed by atoms with Crippen LogP contribution in [-0.4, -0.2) is 32.2 Å². The van der Waals surface area contributed by atoms with Gasteiger partial charge in [-0.3, -0.25) is 0 Å². The molecule has 1 saturated heterocycles. The molecule has 0 unspecified atom stereocenters. The van der Waals surface area contributed by atoms with Gasteiger partial charge in [-0.25, -0.2) is 8.78 Å². The molecule has 2 nitrogen and oxygen atoms in total. The van der Waals surface area contributed by atoms with Crippen LogP contribution in [0.1, 0.15) is 12.8 Å². The van der Waals surface area contributed by atoms with Crippen molar-refractivity contribution in [3.05, 3.63) is 0 Å². The minimum atomic E-state index is -2.30. The van der Waals surface area contributed by atoms with Gasteiger partial charge in [-0.15, -0.1) is 0 Å². The second-order valence-corrected chi connectivity index (χ2v) is 2.82. The van der Waals surface area contributed by atoms with E-state index >= 15 is 0 Å². The van der Waals surface area contributed by atoms with Crippen molar-refractivity contribution in [2.45, 2.75) is 24.8 Å². The van der Waals surface area contributed by atoms with Crippen molar-refractivity contribution in [1.82, 2.24) is 5.32 Å². The molecule has 1 aliphatic heterocycles. The van der Waals surface area contributed by atoms with E-state index in [0.717, 1.165) is 0 Å². The Labute approximate surface area is 64.9 Å². The van der Waals surface area contributed by atoms with E-state index < -0.39 is 12.0 Å².